The fourth-order valence-corrected chi connectivity index (χ4v) is 7.09. The molecule has 1 saturated heterocycles. The van der Waals surface area contributed by atoms with E-state index in [9.17, 15) is 13.2 Å². The third-order valence-corrected chi connectivity index (χ3v) is 9.43. The second-order valence-electron chi connectivity index (χ2n) is 8.01. The molecule has 1 atom stereocenters. The Morgan fingerprint density at radius 3 is 2.81 bits per heavy atom. The molecule has 0 bridgehead atoms. The van der Waals surface area contributed by atoms with Gasteiger partial charge in [0.1, 0.15) is 0 Å². The van der Waals surface area contributed by atoms with Crippen molar-refractivity contribution in [2.45, 2.75) is 55.8 Å². The first-order chi connectivity index (χ1) is 12.5. The Balaban J connectivity index is 1.38. The van der Waals surface area contributed by atoms with Gasteiger partial charge in [0.2, 0.25) is 15.9 Å². The Kier molecular flexibility index (Phi) is 3.93. The van der Waals surface area contributed by atoms with Crippen LogP contribution in [0.4, 0.5) is 5.13 Å². The van der Waals surface area contributed by atoms with Crippen molar-refractivity contribution >= 4 is 32.4 Å². The predicted octanol–water partition coefficient (Wildman–Crippen LogP) is 1.85. The number of aromatic nitrogens is 1. The Morgan fingerprint density at radius 2 is 2.12 bits per heavy atom. The van der Waals surface area contributed by atoms with Crippen molar-refractivity contribution in [2.24, 2.45) is 5.92 Å². The third kappa shape index (κ3) is 2.71. The lowest BCUT2D eigenvalue weighted by molar-refractivity contribution is -0.122. The first-order valence-corrected chi connectivity index (χ1v) is 11.7. The van der Waals surface area contributed by atoms with Crippen molar-refractivity contribution in [3.05, 3.63) is 10.6 Å². The second kappa shape index (κ2) is 5.98. The number of amides is 1. The van der Waals surface area contributed by atoms with E-state index in [2.05, 4.69) is 5.32 Å². The summed E-state index contributed by atoms with van der Waals surface area (Å²) >= 11 is 1.47. The van der Waals surface area contributed by atoms with E-state index < -0.39 is 10.0 Å². The van der Waals surface area contributed by atoms with Crippen LogP contribution in [-0.2, 0) is 31.6 Å². The molecule has 5 rings (SSSR count). The maximum Gasteiger partial charge on any atom is 0.229 e. The van der Waals surface area contributed by atoms with Gasteiger partial charge in [-0.05, 0) is 32.1 Å². The molecule has 0 radical (unpaired) electrons. The molecule has 7 nitrogen and oxygen atoms in total. The van der Waals surface area contributed by atoms with E-state index in [1.807, 2.05) is 0 Å². The molecule has 9 heteroatoms. The van der Waals surface area contributed by atoms with Gasteiger partial charge < -0.3 is 10.1 Å². The maximum absolute atomic E-state index is 12.6. The summed E-state index contributed by atoms with van der Waals surface area (Å²) in [5.74, 6) is 0.175. The molecule has 1 N–H and O–H groups in total. The van der Waals surface area contributed by atoms with Crippen LogP contribution in [0.5, 0.6) is 0 Å². The Morgan fingerprint density at radius 1 is 1.31 bits per heavy atom. The minimum absolute atomic E-state index is 0.0571. The molecule has 4 aliphatic rings. The van der Waals surface area contributed by atoms with Crippen molar-refractivity contribution < 1.29 is 17.9 Å². The van der Waals surface area contributed by atoms with Gasteiger partial charge in [0, 0.05) is 19.0 Å². The number of rotatable bonds is 4. The summed E-state index contributed by atoms with van der Waals surface area (Å²) in [6, 6.07) is 0. The summed E-state index contributed by atoms with van der Waals surface area (Å²) in [6.07, 6.45) is 5.32. The largest absolute Gasteiger partial charge is 0.375 e. The van der Waals surface area contributed by atoms with Crippen LogP contribution in [-0.4, -0.2) is 48.6 Å². The Hall–Kier alpha value is -1.03. The molecule has 2 aliphatic carbocycles. The van der Waals surface area contributed by atoms with Gasteiger partial charge in [0.15, 0.2) is 5.13 Å². The van der Waals surface area contributed by atoms with Crippen molar-refractivity contribution in [1.82, 2.24) is 9.29 Å². The van der Waals surface area contributed by atoms with Gasteiger partial charge >= 0.3 is 0 Å². The summed E-state index contributed by atoms with van der Waals surface area (Å²) in [6.45, 7) is 1.96. The average Bonchev–Trinajstić information content (AvgIpc) is 3.20. The van der Waals surface area contributed by atoms with E-state index in [4.69, 9.17) is 9.72 Å². The summed E-state index contributed by atoms with van der Waals surface area (Å²) in [5, 5.41) is 3.40. The van der Waals surface area contributed by atoms with Crippen LogP contribution in [0.3, 0.4) is 0 Å². The monoisotopic (exact) mass is 397 g/mol. The standard InChI is InChI=1S/C17H23N3O4S2/c21-15(11-2-1-3-11)19-16-18-14-13(25-16)8-24-10-17(14)6-7-20(9-17)26(22,23)12-4-5-12/h11-12H,1-10H2,(H,18,19,21)/t17-/m1/s1. The minimum Gasteiger partial charge on any atom is -0.375 e. The Bertz CT molecular complexity index is 844. The zero-order valence-corrected chi connectivity index (χ0v) is 16.2. The molecule has 3 fully saturated rings. The lowest BCUT2D eigenvalue weighted by Gasteiger charge is -2.32. The summed E-state index contributed by atoms with van der Waals surface area (Å²) < 4.78 is 32.7. The van der Waals surface area contributed by atoms with E-state index >= 15 is 0 Å². The van der Waals surface area contributed by atoms with E-state index in [1.165, 1.54) is 11.3 Å². The molecular weight excluding hydrogens is 374 g/mol. The molecule has 142 valence electrons. The molecule has 2 saturated carbocycles. The van der Waals surface area contributed by atoms with Crippen LogP contribution < -0.4 is 5.32 Å². The number of carbonyl (C=O) groups is 1. The van der Waals surface area contributed by atoms with Crippen molar-refractivity contribution in [1.29, 1.82) is 0 Å². The highest BCUT2D eigenvalue weighted by Gasteiger charge is 2.51. The number of ether oxygens (including phenoxy) is 1. The van der Waals surface area contributed by atoms with Gasteiger partial charge in [0.25, 0.3) is 0 Å². The molecular formula is C17H23N3O4S2. The van der Waals surface area contributed by atoms with E-state index in [-0.39, 0.29) is 22.5 Å². The molecule has 1 aromatic rings. The van der Waals surface area contributed by atoms with Gasteiger partial charge in [-0.3, -0.25) is 4.79 Å². The smallest absolute Gasteiger partial charge is 0.229 e. The number of thiazole rings is 1. The number of hydrogen-bond acceptors (Lipinski definition) is 6. The SMILES string of the molecule is O=C(Nc1nc2c(s1)COC[C@]21CCN(S(=O)(=O)C2CC2)C1)C1CCC1. The molecule has 3 heterocycles. The molecule has 1 aromatic heterocycles. The van der Waals surface area contributed by atoms with E-state index in [0.717, 1.165) is 49.1 Å². The van der Waals surface area contributed by atoms with Crippen LogP contribution in [0.1, 0.15) is 49.1 Å². The van der Waals surface area contributed by atoms with Crippen molar-refractivity contribution in [2.75, 3.05) is 25.0 Å². The first-order valence-electron chi connectivity index (χ1n) is 9.36. The summed E-state index contributed by atoms with van der Waals surface area (Å²) in [4.78, 5) is 18.0. The zero-order chi connectivity index (χ0) is 17.9. The summed E-state index contributed by atoms with van der Waals surface area (Å²) in [7, 11) is -3.18. The molecule has 0 aromatic carbocycles. The third-order valence-electron chi connectivity index (χ3n) is 6.14. The topological polar surface area (TPSA) is 88.6 Å². The van der Waals surface area contributed by atoms with Gasteiger partial charge in [-0.15, -0.1) is 0 Å². The molecule has 0 unspecified atom stereocenters. The molecule has 26 heavy (non-hydrogen) atoms. The quantitative estimate of drug-likeness (QED) is 0.838. The fraction of sp³-hybridized carbons (Fsp3) is 0.765. The van der Waals surface area contributed by atoms with Crippen molar-refractivity contribution in [3.63, 3.8) is 0 Å². The van der Waals surface area contributed by atoms with Crippen molar-refractivity contribution in [3.8, 4) is 0 Å². The number of fused-ring (bicyclic) bond motifs is 2. The van der Waals surface area contributed by atoms with Crippen LogP contribution in [0.25, 0.3) is 0 Å². The highest BCUT2D eigenvalue weighted by atomic mass is 32.2. The number of anilines is 1. The number of sulfonamides is 1. The predicted molar refractivity (Wildman–Crippen MR) is 97.6 cm³/mol. The van der Waals surface area contributed by atoms with E-state index in [1.54, 1.807) is 4.31 Å². The number of nitrogens with zero attached hydrogens (tertiary/aromatic N) is 2. The molecule has 2 aliphatic heterocycles. The van der Waals surface area contributed by atoms with Gasteiger partial charge in [0.05, 0.1) is 34.4 Å². The molecule has 1 spiro atoms. The van der Waals surface area contributed by atoms with Crippen LogP contribution >= 0.6 is 11.3 Å². The van der Waals surface area contributed by atoms with Gasteiger partial charge in [-0.1, -0.05) is 17.8 Å². The highest BCUT2D eigenvalue weighted by Crippen LogP contribution is 2.45. The molecule has 1 amide bonds. The van der Waals surface area contributed by atoms with Gasteiger partial charge in [-0.25, -0.2) is 17.7 Å². The average molecular weight is 398 g/mol. The number of carbonyl (C=O) groups excluding carboxylic acids is 1. The van der Waals surface area contributed by atoms with Crippen LogP contribution in [0, 0.1) is 5.92 Å². The van der Waals surface area contributed by atoms with Gasteiger partial charge in [-0.2, -0.15) is 0 Å². The minimum atomic E-state index is -3.18. The lowest BCUT2D eigenvalue weighted by atomic mass is 9.82. The number of hydrogen-bond donors (Lipinski definition) is 1. The first kappa shape index (κ1) is 17.1. The Labute approximate surface area is 157 Å². The van der Waals surface area contributed by atoms with E-state index in [0.29, 0.717) is 31.4 Å². The zero-order valence-electron chi connectivity index (χ0n) is 14.6. The normalized spacial score (nSPS) is 29.5. The van der Waals surface area contributed by atoms with Crippen LogP contribution in [0.15, 0.2) is 0 Å². The second-order valence-corrected chi connectivity index (χ2v) is 11.3. The highest BCUT2D eigenvalue weighted by molar-refractivity contribution is 7.90. The fourth-order valence-electron chi connectivity index (χ4n) is 4.14. The van der Waals surface area contributed by atoms with Crippen LogP contribution in [0.2, 0.25) is 0 Å². The lowest BCUT2D eigenvalue weighted by Crippen LogP contribution is -2.41. The summed E-state index contributed by atoms with van der Waals surface area (Å²) in [5.41, 5.74) is 0.567. The number of nitrogens with one attached hydrogen (secondary N) is 1. The maximum atomic E-state index is 12.6.